The molecule has 0 saturated carbocycles. The molecule has 0 aromatic carbocycles. The molecule has 0 fully saturated rings. The van der Waals surface area contributed by atoms with E-state index in [-0.39, 0.29) is 0 Å². The number of hydrogen-bond acceptors (Lipinski definition) is 3. The van der Waals surface area contributed by atoms with Crippen molar-refractivity contribution in [2.24, 2.45) is 5.73 Å². The molecular weight excluding hydrogens is 176 g/mol. The number of rotatable bonds is 6. The highest BCUT2D eigenvalue weighted by Crippen LogP contribution is 2.09. The van der Waals surface area contributed by atoms with Gasteiger partial charge in [0.15, 0.2) is 5.82 Å². The van der Waals surface area contributed by atoms with Crippen LogP contribution in [0.15, 0.2) is 0 Å². The molecule has 1 rings (SSSR count). The van der Waals surface area contributed by atoms with Crippen molar-refractivity contribution in [1.29, 1.82) is 0 Å². The number of aromatic nitrogens is 3. The van der Waals surface area contributed by atoms with Crippen molar-refractivity contribution in [3.05, 3.63) is 11.6 Å². The monoisotopic (exact) mass is 196 g/mol. The second-order valence-electron chi connectivity index (χ2n) is 3.89. The average molecular weight is 196 g/mol. The molecule has 1 aromatic heterocycles. The summed E-state index contributed by atoms with van der Waals surface area (Å²) < 4.78 is 0. The zero-order valence-corrected chi connectivity index (χ0v) is 9.08. The average Bonchev–Trinajstić information content (AvgIpc) is 2.61. The van der Waals surface area contributed by atoms with Crippen molar-refractivity contribution < 1.29 is 0 Å². The molecule has 3 N–H and O–H groups in total. The summed E-state index contributed by atoms with van der Waals surface area (Å²) in [6, 6.07) is 0. The Balaban J connectivity index is 2.29. The minimum Gasteiger partial charge on any atom is -0.330 e. The van der Waals surface area contributed by atoms with Gasteiger partial charge < -0.3 is 5.73 Å². The van der Waals surface area contributed by atoms with Crippen molar-refractivity contribution in [3.8, 4) is 0 Å². The van der Waals surface area contributed by atoms with Crippen molar-refractivity contribution >= 4 is 0 Å². The zero-order chi connectivity index (χ0) is 10.4. The minimum atomic E-state index is 0.407. The lowest BCUT2D eigenvalue weighted by atomic mass is 10.2. The summed E-state index contributed by atoms with van der Waals surface area (Å²) in [5.41, 5.74) is 5.42. The maximum Gasteiger partial charge on any atom is 0.153 e. The van der Waals surface area contributed by atoms with Gasteiger partial charge in [0.1, 0.15) is 5.82 Å². The van der Waals surface area contributed by atoms with Crippen LogP contribution in [0.5, 0.6) is 0 Å². The van der Waals surface area contributed by atoms with Gasteiger partial charge in [0, 0.05) is 12.3 Å². The van der Waals surface area contributed by atoms with Crippen LogP contribution in [0.3, 0.4) is 0 Å². The second-order valence-corrected chi connectivity index (χ2v) is 3.89. The topological polar surface area (TPSA) is 67.6 Å². The summed E-state index contributed by atoms with van der Waals surface area (Å²) in [4.78, 5) is 4.41. The van der Waals surface area contributed by atoms with E-state index in [0.717, 1.165) is 37.5 Å². The number of aromatic amines is 1. The molecule has 1 heterocycles. The smallest absolute Gasteiger partial charge is 0.153 e. The Hall–Kier alpha value is -0.900. The van der Waals surface area contributed by atoms with E-state index in [2.05, 4.69) is 29.0 Å². The third kappa shape index (κ3) is 3.46. The van der Waals surface area contributed by atoms with E-state index < -0.39 is 0 Å². The minimum absolute atomic E-state index is 0.407. The van der Waals surface area contributed by atoms with Gasteiger partial charge in [-0.25, -0.2) is 4.98 Å². The molecule has 4 nitrogen and oxygen atoms in total. The fraction of sp³-hybridized carbons (Fsp3) is 0.800. The first kappa shape index (κ1) is 11.2. The summed E-state index contributed by atoms with van der Waals surface area (Å²) in [5.74, 6) is 2.33. The van der Waals surface area contributed by atoms with Gasteiger partial charge >= 0.3 is 0 Å². The van der Waals surface area contributed by atoms with E-state index in [1.807, 2.05) is 0 Å². The van der Waals surface area contributed by atoms with Gasteiger partial charge in [0.05, 0.1) is 0 Å². The highest BCUT2D eigenvalue weighted by Gasteiger charge is 2.05. The maximum absolute atomic E-state index is 5.42. The van der Waals surface area contributed by atoms with Crippen LogP contribution in [-0.2, 0) is 6.42 Å². The SMILES string of the molecule is CC(C)c1n[nH]c(CCCCCN)n1. The van der Waals surface area contributed by atoms with Crippen LogP contribution >= 0.6 is 0 Å². The maximum atomic E-state index is 5.42. The lowest BCUT2D eigenvalue weighted by molar-refractivity contribution is 0.670. The Morgan fingerprint density at radius 2 is 2.07 bits per heavy atom. The predicted octanol–water partition coefficient (Wildman–Crippen LogP) is 1.60. The fourth-order valence-corrected chi connectivity index (χ4v) is 1.29. The number of aryl methyl sites for hydroxylation is 1. The van der Waals surface area contributed by atoms with Crippen molar-refractivity contribution in [1.82, 2.24) is 15.2 Å². The first-order valence-corrected chi connectivity index (χ1v) is 5.35. The summed E-state index contributed by atoms with van der Waals surface area (Å²) in [5, 5.41) is 7.13. The van der Waals surface area contributed by atoms with Crippen LogP contribution in [0.4, 0.5) is 0 Å². The molecule has 0 radical (unpaired) electrons. The Kier molecular flexibility index (Phi) is 4.59. The molecular formula is C10H20N4. The molecule has 14 heavy (non-hydrogen) atoms. The summed E-state index contributed by atoms with van der Waals surface area (Å²) in [6.07, 6.45) is 4.41. The molecule has 0 aliphatic heterocycles. The van der Waals surface area contributed by atoms with Crippen LogP contribution in [0.1, 0.15) is 50.7 Å². The van der Waals surface area contributed by atoms with E-state index in [1.165, 1.54) is 6.42 Å². The zero-order valence-electron chi connectivity index (χ0n) is 9.08. The highest BCUT2D eigenvalue weighted by molar-refractivity contribution is 4.94. The fourth-order valence-electron chi connectivity index (χ4n) is 1.29. The van der Waals surface area contributed by atoms with Crippen LogP contribution in [0.25, 0.3) is 0 Å². The van der Waals surface area contributed by atoms with Gasteiger partial charge in [-0.3, -0.25) is 5.10 Å². The molecule has 0 aliphatic rings. The third-order valence-corrected chi connectivity index (χ3v) is 2.18. The number of unbranched alkanes of at least 4 members (excludes halogenated alkanes) is 2. The molecule has 4 heteroatoms. The summed E-state index contributed by atoms with van der Waals surface area (Å²) in [7, 11) is 0. The van der Waals surface area contributed by atoms with Gasteiger partial charge in [-0.1, -0.05) is 20.3 Å². The van der Waals surface area contributed by atoms with Gasteiger partial charge in [-0.15, -0.1) is 0 Å². The molecule has 0 unspecified atom stereocenters. The van der Waals surface area contributed by atoms with Gasteiger partial charge in [-0.05, 0) is 19.4 Å². The van der Waals surface area contributed by atoms with E-state index in [4.69, 9.17) is 5.73 Å². The van der Waals surface area contributed by atoms with Crippen molar-refractivity contribution in [2.45, 2.75) is 45.4 Å². The normalized spacial score (nSPS) is 11.1. The van der Waals surface area contributed by atoms with E-state index in [1.54, 1.807) is 0 Å². The predicted molar refractivity (Wildman–Crippen MR) is 57.1 cm³/mol. The lowest BCUT2D eigenvalue weighted by Gasteiger charge is -1.96. The lowest BCUT2D eigenvalue weighted by Crippen LogP contribution is -1.98. The molecule has 0 aliphatic carbocycles. The number of nitrogens with one attached hydrogen (secondary N) is 1. The largest absolute Gasteiger partial charge is 0.330 e. The molecule has 0 bridgehead atoms. The third-order valence-electron chi connectivity index (χ3n) is 2.18. The van der Waals surface area contributed by atoms with Crippen LogP contribution in [0.2, 0.25) is 0 Å². The summed E-state index contributed by atoms with van der Waals surface area (Å²) >= 11 is 0. The number of H-pyrrole nitrogens is 1. The van der Waals surface area contributed by atoms with Crippen LogP contribution in [-0.4, -0.2) is 21.7 Å². The summed E-state index contributed by atoms with van der Waals surface area (Å²) in [6.45, 7) is 4.98. The van der Waals surface area contributed by atoms with E-state index >= 15 is 0 Å². The molecule has 80 valence electrons. The van der Waals surface area contributed by atoms with Crippen LogP contribution in [0, 0.1) is 0 Å². The molecule has 0 saturated heterocycles. The number of hydrogen-bond donors (Lipinski definition) is 2. The molecule has 1 aromatic rings. The quantitative estimate of drug-likeness (QED) is 0.679. The van der Waals surface area contributed by atoms with Gasteiger partial charge in [0.25, 0.3) is 0 Å². The van der Waals surface area contributed by atoms with Crippen molar-refractivity contribution in [2.75, 3.05) is 6.54 Å². The Morgan fingerprint density at radius 3 is 2.64 bits per heavy atom. The first-order chi connectivity index (χ1) is 6.74. The van der Waals surface area contributed by atoms with E-state index in [9.17, 15) is 0 Å². The highest BCUT2D eigenvalue weighted by atomic mass is 15.2. The number of nitrogens with zero attached hydrogens (tertiary/aromatic N) is 2. The van der Waals surface area contributed by atoms with Crippen LogP contribution < -0.4 is 5.73 Å². The Bertz CT molecular complexity index is 254. The van der Waals surface area contributed by atoms with Gasteiger partial charge in [-0.2, -0.15) is 5.10 Å². The standard InChI is InChI=1S/C10H20N4/c1-8(2)10-12-9(13-14-10)6-4-3-5-7-11/h8H,3-7,11H2,1-2H3,(H,12,13,14). The Labute approximate surface area is 85.3 Å². The molecule has 0 atom stereocenters. The van der Waals surface area contributed by atoms with Crippen molar-refractivity contribution in [3.63, 3.8) is 0 Å². The molecule has 0 spiro atoms. The van der Waals surface area contributed by atoms with E-state index in [0.29, 0.717) is 5.92 Å². The first-order valence-electron chi connectivity index (χ1n) is 5.35. The van der Waals surface area contributed by atoms with Gasteiger partial charge in [0.2, 0.25) is 0 Å². The second kappa shape index (κ2) is 5.75. The molecule has 0 amide bonds. The number of nitrogens with two attached hydrogens (primary N) is 1. The Morgan fingerprint density at radius 1 is 1.29 bits per heavy atom.